The molecule has 0 saturated heterocycles. The molecule has 0 fully saturated rings. The highest BCUT2D eigenvalue weighted by Crippen LogP contribution is 2.30. The van der Waals surface area contributed by atoms with Crippen LogP contribution in [0.4, 0.5) is 15.4 Å². The van der Waals surface area contributed by atoms with E-state index in [0.717, 1.165) is 6.42 Å². The summed E-state index contributed by atoms with van der Waals surface area (Å²) in [5, 5.41) is 17.4. The molecule has 2 amide bonds. The molecule has 0 atom stereocenters. The van der Waals surface area contributed by atoms with Crippen molar-refractivity contribution in [2.45, 2.75) is 19.8 Å². The van der Waals surface area contributed by atoms with Crippen molar-refractivity contribution in [1.29, 1.82) is 0 Å². The molecule has 1 N–H and O–H groups in total. The van der Waals surface area contributed by atoms with Gasteiger partial charge in [-0.2, -0.15) is 4.90 Å². The molecule has 0 bridgehead atoms. The number of carbonyl (C=O) groups excluding carboxylic acids is 1. The summed E-state index contributed by atoms with van der Waals surface area (Å²) in [5.74, 6) is -0.188. The van der Waals surface area contributed by atoms with Crippen molar-refractivity contribution in [3.8, 4) is 23.0 Å². The van der Waals surface area contributed by atoms with Crippen molar-refractivity contribution in [3.63, 3.8) is 0 Å². The normalized spacial score (nSPS) is 10.6. The molecule has 11 heteroatoms. The molecule has 3 aromatic rings. The van der Waals surface area contributed by atoms with Crippen LogP contribution in [0.2, 0.25) is 0 Å². The van der Waals surface area contributed by atoms with Gasteiger partial charge in [0.1, 0.15) is 4.60 Å². The van der Waals surface area contributed by atoms with Crippen molar-refractivity contribution in [2.75, 3.05) is 11.5 Å². The number of hydrogen-bond acceptors (Lipinski definition) is 8. The highest BCUT2D eigenvalue weighted by Gasteiger charge is 2.31. The summed E-state index contributed by atoms with van der Waals surface area (Å²) >= 11 is 3.17. The number of aromatic nitrogens is 4. The Kier molecular flexibility index (Phi) is 6.50. The molecule has 0 aliphatic rings. The molecule has 2 heterocycles. The number of amides is 2. The van der Waals surface area contributed by atoms with Gasteiger partial charge in [0.2, 0.25) is 5.89 Å². The fraction of sp³-hybridized carbons (Fsp3) is 0.222. The number of unbranched alkanes of at least 4 members (excludes halogenated alkanes) is 1. The van der Waals surface area contributed by atoms with E-state index in [2.05, 4.69) is 36.1 Å². The van der Waals surface area contributed by atoms with Gasteiger partial charge in [0.05, 0.1) is 12.8 Å². The van der Waals surface area contributed by atoms with Crippen molar-refractivity contribution >= 4 is 33.9 Å². The van der Waals surface area contributed by atoms with Crippen molar-refractivity contribution in [3.05, 3.63) is 41.1 Å². The average Bonchev–Trinajstić information content (AvgIpc) is 3.20. The maximum absolute atomic E-state index is 12.3. The Morgan fingerprint density at radius 2 is 1.93 bits per heavy atom. The van der Waals surface area contributed by atoms with Crippen LogP contribution in [0.3, 0.4) is 0 Å². The number of carbonyl (C=O) groups is 2. The molecule has 150 valence electrons. The fourth-order valence-corrected chi connectivity index (χ4v) is 2.59. The minimum Gasteiger partial charge on any atom is -0.464 e. The van der Waals surface area contributed by atoms with Crippen LogP contribution in [0.25, 0.3) is 23.0 Å². The second kappa shape index (κ2) is 9.24. The van der Waals surface area contributed by atoms with E-state index < -0.39 is 12.2 Å². The summed E-state index contributed by atoms with van der Waals surface area (Å²) in [7, 11) is 0. The standard InChI is InChI=1S/C18H16BrN5O5/c1-2-3-9-28-18(27)24(17(25)26)14-13(21-12(19)10-20-14)16-23-22-15(29-16)11-7-5-4-6-8-11/h4-8,10H,2-3,9H2,1H3,(H,25,26). The summed E-state index contributed by atoms with van der Waals surface area (Å²) in [4.78, 5) is 32.6. The van der Waals surface area contributed by atoms with Gasteiger partial charge in [0, 0.05) is 5.56 Å². The van der Waals surface area contributed by atoms with Crippen LogP contribution in [-0.2, 0) is 4.74 Å². The van der Waals surface area contributed by atoms with E-state index in [0.29, 0.717) is 21.5 Å². The number of nitrogens with zero attached hydrogens (tertiary/aromatic N) is 5. The topological polar surface area (TPSA) is 132 Å². The number of benzene rings is 1. The number of rotatable bonds is 6. The number of ether oxygens (including phenoxy) is 1. The lowest BCUT2D eigenvalue weighted by Crippen LogP contribution is -2.37. The van der Waals surface area contributed by atoms with E-state index in [4.69, 9.17) is 9.15 Å². The second-order valence-electron chi connectivity index (χ2n) is 5.73. The quantitative estimate of drug-likeness (QED) is 0.530. The third-order valence-corrected chi connectivity index (χ3v) is 4.06. The van der Waals surface area contributed by atoms with Gasteiger partial charge in [-0.1, -0.05) is 31.5 Å². The zero-order chi connectivity index (χ0) is 20.8. The van der Waals surface area contributed by atoms with E-state index in [1.165, 1.54) is 6.20 Å². The number of carboxylic acid groups (broad SMARTS) is 1. The minimum atomic E-state index is -1.58. The predicted molar refractivity (Wildman–Crippen MR) is 105 cm³/mol. The maximum atomic E-state index is 12.3. The number of halogens is 1. The van der Waals surface area contributed by atoms with Gasteiger partial charge >= 0.3 is 12.2 Å². The van der Waals surface area contributed by atoms with Crippen molar-refractivity contribution < 1.29 is 23.8 Å². The maximum Gasteiger partial charge on any atom is 0.425 e. The second-order valence-corrected chi connectivity index (χ2v) is 6.54. The van der Waals surface area contributed by atoms with E-state index in [1.807, 2.05) is 25.1 Å². The Bertz CT molecular complexity index is 1010. The van der Waals surface area contributed by atoms with Gasteiger partial charge in [-0.3, -0.25) is 0 Å². The summed E-state index contributed by atoms with van der Waals surface area (Å²) in [6.45, 7) is 2.00. The minimum absolute atomic E-state index is 0.0797. The SMILES string of the molecule is CCCCOC(=O)N(C(=O)O)c1ncc(Br)nc1-c1nnc(-c2ccccc2)o1. The van der Waals surface area contributed by atoms with Gasteiger partial charge in [0.25, 0.3) is 5.89 Å². The first kappa shape index (κ1) is 20.4. The van der Waals surface area contributed by atoms with Crippen LogP contribution in [0.15, 0.2) is 45.5 Å². The lowest BCUT2D eigenvalue weighted by molar-refractivity contribution is 0.147. The van der Waals surface area contributed by atoms with Gasteiger partial charge in [0.15, 0.2) is 11.5 Å². The van der Waals surface area contributed by atoms with Gasteiger partial charge < -0.3 is 14.3 Å². The van der Waals surface area contributed by atoms with E-state index >= 15 is 0 Å². The molecule has 2 aromatic heterocycles. The molecular formula is C18H16BrN5O5. The molecule has 0 aliphatic carbocycles. The molecular weight excluding hydrogens is 446 g/mol. The van der Waals surface area contributed by atoms with Crippen LogP contribution in [0, 0.1) is 0 Å². The predicted octanol–water partition coefficient (Wildman–Crippen LogP) is 4.38. The van der Waals surface area contributed by atoms with E-state index in [1.54, 1.807) is 12.1 Å². The summed E-state index contributed by atoms with van der Waals surface area (Å²) < 4.78 is 11.0. The van der Waals surface area contributed by atoms with E-state index in [-0.39, 0.29) is 29.9 Å². The Hall–Kier alpha value is -3.34. The molecule has 0 spiro atoms. The molecule has 1 aromatic carbocycles. The van der Waals surface area contributed by atoms with E-state index in [9.17, 15) is 14.7 Å². The first-order valence-electron chi connectivity index (χ1n) is 8.63. The number of anilines is 1. The zero-order valence-corrected chi connectivity index (χ0v) is 16.9. The molecule has 0 radical (unpaired) electrons. The number of hydrogen-bond donors (Lipinski definition) is 1. The molecule has 10 nitrogen and oxygen atoms in total. The summed E-state index contributed by atoms with van der Waals surface area (Å²) in [6.07, 6.45) is -0.0302. The zero-order valence-electron chi connectivity index (χ0n) is 15.3. The van der Waals surface area contributed by atoms with Crippen LogP contribution >= 0.6 is 15.9 Å². The van der Waals surface area contributed by atoms with Crippen molar-refractivity contribution in [1.82, 2.24) is 20.2 Å². The Balaban J connectivity index is 2.00. The van der Waals surface area contributed by atoms with Crippen LogP contribution in [0.1, 0.15) is 19.8 Å². The lowest BCUT2D eigenvalue weighted by Gasteiger charge is -2.17. The van der Waals surface area contributed by atoms with Crippen LogP contribution in [0.5, 0.6) is 0 Å². The first-order valence-corrected chi connectivity index (χ1v) is 9.42. The Morgan fingerprint density at radius 3 is 2.62 bits per heavy atom. The highest BCUT2D eigenvalue weighted by molar-refractivity contribution is 9.10. The summed E-state index contributed by atoms with van der Waals surface area (Å²) in [6, 6.07) is 9.01. The van der Waals surface area contributed by atoms with Crippen molar-refractivity contribution in [2.24, 2.45) is 0 Å². The highest BCUT2D eigenvalue weighted by atomic mass is 79.9. The molecule has 0 unspecified atom stereocenters. The first-order chi connectivity index (χ1) is 14.0. The Morgan fingerprint density at radius 1 is 1.21 bits per heavy atom. The molecule has 29 heavy (non-hydrogen) atoms. The largest absolute Gasteiger partial charge is 0.464 e. The third-order valence-electron chi connectivity index (χ3n) is 3.68. The van der Waals surface area contributed by atoms with Gasteiger partial charge in [-0.15, -0.1) is 10.2 Å². The van der Waals surface area contributed by atoms with Gasteiger partial charge in [-0.25, -0.2) is 19.6 Å². The molecule has 3 rings (SSSR count). The van der Waals surface area contributed by atoms with Crippen LogP contribution in [-0.4, -0.2) is 44.1 Å². The monoisotopic (exact) mass is 461 g/mol. The molecule has 0 aliphatic heterocycles. The van der Waals surface area contributed by atoms with Crippen LogP contribution < -0.4 is 4.90 Å². The third kappa shape index (κ3) is 4.74. The Labute approximate surface area is 173 Å². The smallest absolute Gasteiger partial charge is 0.425 e. The summed E-state index contributed by atoms with van der Waals surface area (Å²) in [5.41, 5.74) is 0.591. The van der Waals surface area contributed by atoms with Gasteiger partial charge in [-0.05, 0) is 34.5 Å². The molecule has 0 saturated carbocycles. The lowest BCUT2D eigenvalue weighted by atomic mass is 10.2. The average molecular weight is 462 g/mol. The fourth-order valence-electron chi connectivity index (χ4n) is 2.31. The number of imide groups is 1.